The molecule has 1 atom stereocenters. The number of carbonyl (C=O) groups is 1. The van der Waals surface area contributed by atoms with Crippen molar-refractivity contribution >= 4 is 11.6 Å². The second kappa shape index (κ2) is 10.5. The third kappa shape index (κ3) is 5.26. The number of ether oxygens (including phenoxy) is 2. The zero-order chi connectivity index (χ0) is 28.9. The molecule has 8 nitrogen and oxygen atoms in total. The molecule has 11 heteroatoms. The van der Waals surface area contributed by atoms with Crippen LogP contribution in [-0.2, 0) is 47.6 Å². The second-order valence-electron chi connectivity index (χ2n) is 11.8. The summed E-state index contributed by atoms with van der Waals surface area (Å²) in [5.41, 5.74) is 1.07. The van der Waals surface area contributed by atoms with Gasteiger partial charge in [-0.2, -0.15) is 13.2 Å². The quantitative estimate of drug-likeness (QED) is 0.421. The number of anilines is 1. The highest BCUT2D eigenvalue weighted by Crippen LogP contribution is 2.42. The number of fused-ring (bicyclic) bond motifs is 1. The van der Waals surface area contributed by atoms with Crippen molar-refractivity contribution in [3.63, 3.8) is 0 Å². The molecular weight excluding hydrogens is 535 g/mol. The van der Waals surface area contributed by atoms with Crippen molar-refractivity contribution in [1.29, 1.82) is 0 Å². The lowest BCUT2D eigenvalue weighted by Gasteiger charge is -2.42. The smallest absolute Gasteiger partial charge is 0.379 e. The van der Waals surface area contributed by atoms with Crippen LogP contribution in [0.1, 0.15) is 52.3 Å². The van der Waals surface area contributed by atoms with E-state index in [1.54, 1.807) is 18.5 Å². The number of morpholine rings is 1. The fraction of sp³-hybridized carbons (Fsp3) is 0.500. The summed E-state index contributed by atoms with van der Waals surface area (Å²) in [4.78, 5) is 17.2. The second-order valence-corrected chi connectivity index (χ2v) is 11.8. The predicted octanol–water partition coefficient (Wildman–Crippen LogP) is 4.36. The van der Waals surface area contributed by atoms with Gasteiger partial charge in [-0.3, -0.25) is 9.69 Å². The first kappa shape index (κ1) is 27.9. The minimum atomic E-state index is -4.58. The SMILES string of the molecule is CC(C)C1CN(Cc2cc3c(c(C(F)(F)F)c2)CN(c2cccc(C4(Cc5nncn5C)COC4)c2)C3=O)CCO1. The number of hydrogen-bond acceptors (Lipinski definition) is 6. The number of carbonyl (C=O) groups excluding carboxylic acids is 1. The van der Waals surface area contributed by atoms with Crippen LogP contribution < -0.4 is 4.90 Å². The van der Waals surface area contributed by atoms with Crippen molar-refractivity contribution in [2.75, 3.05) is 37.8 Å². The Hall–Kier alpha value is -3.28. The lowest BCUT2D eigenvalue weighted by molar-refractivity contribution is -0.138. The van der Waals surface area contributed by atoms with Crippen molar-refractivity contribution in [3.8, 4) is 0 Å². The summed E-state index contributed by atoms with van der Waals surface area (Å²) in [6.07, 6.45) is -2.30. The number of nitrogens with zero attached hydrogens (tertiary/aromatic N) is 5. The molecule has 0 radical (unpaired) electrons. The number of benzene rings is 2. The van der Waals surface area contributed by atoms with E-state index in [-0.39, 0.29) is 29.2 Å². The molecule has 0 saturated carbocycles. The van der Waals surface area contributed by atoms with Gasteiger partial charge in [-0.25, -0.2) is 0 Å². The lowest BCUT2D eigenvalue weighted by atomic mass is 9.75. The Balaban J connectivity index is 1.29. The molecule has 2 saturated heterocycles. The molecule has 2 aromatic carbocycles. The van der Waals surface area contributed by atoms with E-state index in [0.29, 0.717) is 63.0 Å². The van der Waals surface area contributed by atoms with E-state index in [1.165, 1.54) is 11.0 Å². The lowest BCUT2D eigenvalue weighted by Crippen LogP contribution is -2.49. The first-order valence-electron chi connectivity index (χ1n) is 13.9. The van der Waals surface area contributed by atoms with Gasteiger partial charge in [-0.05, 0) is 46.9 Å². The summed E-state index contributed by atoms with van der Waals surface area (Å²) < 4.78 is 56.2. The van der Waals surface area contributed by atoms with Crippen LogP contribution in [0.15, 0.2) is 42.7 Å². The zero-order valence-electron chi connectivity index (χ0n) is 23.4. The summed E-state index contributed by atoms with van der Waals surface area (Å²) in [5, 5.41) is 8.19. The van der Waals surface area contributed by atoms with E-state index < -0.39 is 17.6 Å². The normalized spacial score (nSPS) is 20.9. The van der Waals surface area contributed by atoms with Gasteiger partial charge in [-0.15, -0.1) is 10.2 Å². The summed E-state index contributed by atoms with van der Waals surface area (Å²) in [5.74, 6) is 0.699. The van der Waals surface area contributed by atoms with E-state index in [1.807, 2.05) is 29.8 Å². The number of rotatable bonds is 7. The molecule has 6 rings (SSSR count). The molecule has 1 unspecified atom stereocenters. The Morgan fingerprint density at radius 1 is 1.17 bits per heavy atom. The van der Waals surface area contributed by atoms with Gasteiger partial charge < -0.3 is 18.9 Å². The Morgan fingerprint density at radius 2 is 1.98 bits per heavy atom. The van der Waals surface area contributed by atoms with Crippen LogP contribution in [0, 0.1) is 5.92 Å². The van der Waals surface area contributed by atoms with Crippen molar-refractivity contribution in [2.24, 2.45) is 13.0 Å². The maximum atomic E-state index is 14.3. The van der Waals surface area contributed by atoms with E-state index in [9.17, 15) is 18.0 Å². The monoisotopic (exact) mass is 569 g/mol. The number of alkyl halides is 3. The highest BCUT2D eigenvalue weighted by atomic mass is 19.4. The van der Waals surface area contributed by atoms with Gasteiger partial charge in [0.2, 0.25) is 0 Å². The van der Waals surface area contributed by atoms with Gasteiger partial charge >= 0.3 is 6.18 Å². The molecule has 4 heterocycles. The third-order valence-electron chi connectivity index (χ3n) is 8.56. The molecule has 0 spiro atoms. The van der Waals surface area contributed by atoms with Crippen LogP contribution in [0.5, 0.6) is 0 Å². The molecule has 1 amide bonds. The molecule has 0 bridgehead atoms. The Labute approximate surface area is 237 Å². The molecule has 41 heavy (non-hydrogen) atoms. The summed E-state index contributed by atoms with van der Waals surface area (Å²) >= 11 is 0. The van der Waals surface area contributed by atoms with E-state index >= 15 is 0 Å². The summed E-state index contributed by atoms with van der Waals surface area (Å²) in [6, 6.07) is 10.4. The number of aryl methyl sites for hydroxylation is 1. The Bertz CT molecular complexity index is 1450. The van der Waals surface area contributed by atoms with E-state index in [2.05, 4.69) is 28.9 Å². The minimum Gasteiger partial charge on any atom is -0.379 e. The first-order valence-corrected chi connectivity index (χ1v) is 13.9. The molecule has 1 aromatic heterocycles. The molecule has 2 fully saturated rings. The molecule has 218 valence electrons. The van der Waals surface area contributed by atoms with Crippen LogP contribution in [0.25, 0.3) is 0 Å². The van der Waals surface area contributed by atoms with Gasteiger partial charge in [0.1, 0.15) is 12.2 Å². The topological polar surface area (TPSA) is 72.7 Å². The van der Waals surface area contributed by atoms with Gasteiger partial charge in [0.15, 0.2) is 0 Å². The highest BCUT2D eigenvalue weighted by Gasteiger charge is 2.43. The van der Waals surface area contributed by atoms with Crippen molar-refractivity contribution < 1.29 is 27.4 Å². The number of amides is 1. The number of hydrogen-bond donors (Lipinski definition) is 0. The predicted molar refractivity (Wildman–Crippen MR) is 145 cm³/mol. The van der Waals surface area contributed by atoms with Crippen LogP contribution in [0.3, 0.4) is 0 Å². The standard InChI is InChI=1S/C30H34F3N5O3/c1-19(2)26-15-37(7-8-41-26)13-20-9-23-24(25(10-20)30(31,32)33)14-38(28(23)39)22-6-4-5-21(11-22)29(16-40-17-29)12-27-35-34-18-36(27)3/h4-6,9-11,18-19,26H,7-8,12-17H2,1-3H3. The maximum absolute atomic E-state index is 14.3. The largest absolute Gasteiger partial charge is 0.416 e. The number of aromatic nitrogens is 3. The highest BCUT2D eigenvalue weighted by molar-refractivity contribution is 6.10. The fourth-order valence-corrected chi connectivity index (χ4v) is 6.05. The van der Waals surface area contributed by atoms with E-state index in [4.69, 9.17) is 9.47 Å². The number of halogens is 3. The fourth-order valence-electron chi connectivity index (χ4n) is 6.05. The summed E-state index contributed by atoms with van der Waals surface area (Å²) in [6.45, 7) is 7.12. The Kier molecular flexibility index (Phi) is 7.15. The first-order chi connectivity index (χ1) is 19.5. The van der Waals surface area contributed by atoms with Crippen LogP contribution in [-0.4, -0.2) is 64.6 Å². The van der Waals surface area contributed by atoms with Crippen LogP contribution >= 0.6 is 0 Å². The average Bonchev–Trinajstić information content (AvgIpc) is 3.47. The molecule has 0 N–H and O–H groups in total. The van der Waals surface area contributed by atoms with Gasteiger partial charge in [0, 0.05) is 49.8 Å². The van der Waals surface area contributed by atoms with Gasteiger partial charge in [0.05, 0.1) is 38.0 Å². The van der Waals surface area contributed by atoms with Crippen LogP contribution in [0.4, 0.5) is 18.9 Å². The van der Waals surface area contributed by atoms with E-state index in [0.717, 1.165) is 11.4 Å². The molecule has 0 aliphatic carbocycles. The zero-order valence-corrected chi connectivity index (χ0v) is 23.4. The van der Waals surface area contributed by atoms with Crippen molar-refractivity contribution in [1.82, 2.24) is 19.7 Å². The summed E-state index contributed by atoms with van der Waals surface area (Å²) in [7, 11) is 1.88. The molecular formula is C30H34F3N5O3. The maximum Gasteiger partial charge on any atom is 0.416 e. The van der Waals surface area contributed by atoms with Gasteiger partial charge in [-0.1, -0.05) is 26.0 Å². The molecule has 3 aliphatic rings. The minimum absolute atomic E-state index is 0.0273. The van der Waals surface area contributed by atoms with Crippen molar-refractivity contribution in [2.45, 2.75) is 51.1 Å². The van der Waals surface area contributed by atoms with Gasteiger partial charge in [0.25, 0.3) is 5.91 Å². The third-order valence-corrected chi connectivity index (χ3v) is 8.56. The molecule has 3 aromatic rings. The van der Waals surface area contributed by atoms with Crippen LogP contribution in [0.2, 0.25) is 0 Å². The average molecular weight is 570 g/mol. The van der Waals surface area contributed by atoms with Crippen molar-refractivity contribution in [3.05, 3.63) is 76.4 Å². The molecule has 3 aliphatic heterocycles. The Morgan fingerprint density at radius 3 is 2.63 bits per heavy atom.